The van der Waals surface area contributed by atoms with E-state index in [1.54, 1.807) is 6.20 Å². The predicted octanol–water partition coefficient (Wildman–Crippen LogP) is 3.06. The monoisotopic (exact) mass is 331 g/mol. The molecule has 2 unspecified atom stereocenters. The van der Waals surface area contributed by atoms with Crippen LogP contribution in [0.3, 0.4) is 0 Å². The van der Waals surface area contributed by atoms with E-state index in [1.165, 1.54) is 6.42 Å². The second-order valence-electron chi connectivity index (χ2n) is 7.45. The fraction of sp³-hybridized carbons (Fsp3) is 0.684. The fourth-order valence-electron chi connectivity index (χ4n) is 3.98. The zero-order chi connectivity index (χ0) is 16.9. The lowest BCUT2D eigenvalue weighted by molar-refractivity contribution is -0.121. The van der Waals surface area contributed by atoms with Gasteiger partial charge in [0.25, 0.3) is 0 Å². The average molecular weight is 331 g/mol. The van der Waals surface area contributed by atoms with E-state index >= 15 is 0 Å². The van der Waals surface area contributed by atoms with Gasteiger partial charge in [0.1, 0.15) is 0 Å². The van der Waals surface area contributed by atoms with Crippen LogP contribution in [0.5, 0.6) is 0 Å². The molecule has 1 aromatic rings. The Balaban J connectivity index is 1.67. The van der Waals surface area contributed by atoms with Crippen LogP contribution >= 0.6 is 0 Å². The number of nitrogens with zero attached hydrogens (tertiary/aromatic N) is 2. The molecule has 0 radical (unpaired) electrons. The lowest BCUT2D eigenvalue weighted by Crippen LogP contribution is -2.36. The van der Waals surface area contributed by atoms with E-state index in [-0.39, 0.29) is 18.4 Å². The Morgan fingerprint density at radius 2 is 2.12 bits per heavy atom. The number of hydrogen-bond donors (Lipinski definition) is 2. The highest BCUT2D eigenvalue weighted by Gasteiger charge is 2.27. The summed E-state index contributed by atoms with van der Waals surface area (Å²) in [5.41, 5.74) is 0.822. The Hall–Kier alpha value is -1.62. The van der Waals surface area contributed by atoms with Crippen LogP contribution < -0.4 is 10.2 Å². The van der Waals surface area contributed by atoms with Crippen molar-refractivity contribution in [3.05, 3.63) is 18.3 Å². The van der Waals surface area contributed by atoms with Crippen molar-refractivity contribution < 1.29 is 9.90 Å². The van der Waals surface area contributed by atoms with Crippen molar-refractivity contribution in [1.82, 2.24) is 4.98 Å². The van der Waals surface area contributed by atoms with Crippen LogP contribution in [0.2, 0.25) is 0 Å². The molecule has 2 atom stereocenters. The maximum atomic E-state index is 12.7. The molecule has 0 aromatic carbocycles. The highest BCUT2D eigenvalue weighted by molar-refractivity contribution is 5.95. The van der Waals surface area contributed by atoms with Crippen molar-refractivity contribution in [3.63, 3.8) is 0 Å². The summed E-state index contributed by atoms with van der Waals surface area (Å²) in [6.45, 7) is 4.26. The topological polar surface area (TPSA) is 65.5 Å². The van der Waals surface area contributed by atoms with Gasteiger partial charge >= 0.3 is 0 Å². The molecule has 2 N–H and O–H groups in total. The van der Waals surface area contributed by atoms with Crippen molar-refractivity contribution in [2.75, 3.05) is 29.9 Å². The molecule has 1 aliphatic carbocycles. The van der Waals surface area contributed by atoms with Crippen LogP contribution in [0, 0.1) is 17.8 Å². The van der Waals surface area contributed by atoms with E-state index in [9.17, 15) is 9.90 Å². The minimum atomic E-state index is 0.127. The van der Waals surface area contributed by atoms with E-state index in [0.29, 0.717) is 11.8 Å². The number of carbonyl (C=O) groups excluding carboxylic acids is 1. The number of amides is 1. The molecule has 0 bridgehead atoms. The zero-order valence-electron chi connectivity index (χ0n) is 14.6. The summed E-state index contributed by atoms with van der Waals surface area (Å²) in [4.78, 5) is 19.4. The SMILES string of the molecule is CC1CCCC(C(=O)Nc2cccnc2N2CCC(CO)CC2)C1. The molecule has 1 saturated carbocycles. The van der Waals surface area contributed by atoms with Gasteiger partial charge in [0.15, 0.2) is 5.82 Å². The quantitative estimate of drug-likeness (QED) is 0.890. The van der Waals surface area contributed by atoms with E-state index in [1.807, 2.05) is 12.1 Å². The first-order valence-corrected chi connectivity index (χ1v) is 9.29. The Kier molecular flexibility index (Phi) is 5.72. The van der Waals surface area contributed by atoms with Gasteiger partial charge in [-0.15, -0.1) is 0 Å². The van der Waals surface area contributed by atoms with Crippen LogP contribution in [-0.2, 0) is 4.79 Å². The smallest absolute Gasteiger partial charge is 0.227 e. The molecule has 5 nitrogen and oxygen atoms in total. The van der Waals surface area contributed by atoms with Crippen LogP contribution in [0.4, 0.5) is 11.5 Å². The van der Waals surface area contributed by atoms with Gasteiger partial charge in [-0.25, -0.2) is 4.98 Å². The van der Waals surface area contributed by atoms with Crippen molar-refractivity contribution in [2.45, 2.75) is 45.4 Å². The maximum absolute atomic E-state index is 12.7. The standard InChI is InChI=1S/C19H29N3O2/c1-14-4-2-5-16(12-14)19(24)21-17-6-3-9-20-18(17)22-10-7-15(13-23)8-11-22/h3,6,9,14-16,23H,2,4-5,7-8,10-13H2,1H3,(H,21,24). The number of carbonyl (C=O) groups is 1. The second-order valence-corrected chi connectivity index (χ2v) is 7.45. The van der Waals surface area contributed by atoms with Gasteiger partial charge in [-0.2, -0.15) is 0 Å². The number of anilines is 2. The summed E-state index contributed by atoms with van der Waals surface area (Å²) in [5, 5.41) is 12.4. The van der Waals surface area contributed by atoms with Crippen molar-refractivity contribution in [1.29, 1.82) is 0 Å². The summed E-state index contributed by atoms with van der Waals surface area (Å²) >= 11 is 0. The molecule has 1 saturated heterocycles. The molecule has 5 heteroatoms. The minimum Gasteiger partial charge on any atom is -0.396 e. The average Bonchev–Trinajstić information content (AvgIpc) is 2.62. The number of aliphatic hydroxyl groups is 1. The number of hydrogen-bond acceptors (Lipinski definition) is 4. The molecule has 24 heavy (non-hydrogen) atoms. The Morgan fingerprint density at radius 3 is 2.83 bits per heavy atom. The molecular formula is C19H29N3O2. The number of piperidine rings is 1. The molecule has 2 heterocycles. The summed E-state index contributed by atoms with van der Waals surface area (Å²) in [6.07, 6.45) is 8.10. The summed E-state index contributed by atoms with van der Waals surface area (Å²) in [6, 6.07) is 3.83. The largest absolute Gasteiger partial charge is 0.396 e. The van der Waals surface area contributed by atoms with Crippen molar-refractivity contribution in [3.8, 4) is 0 Å². The van der Waals surface area contributed by atoms with Crippen LogP contribution in [0.25, 0.3) is 0 Å². The third-order valence-corrected chi connectivity index (χ3v) is 5.52. The van der Waals surface area contributed by atoms with Gasteiger partial charge in [-0.3, -0.25) is 4.79 Å². The van der Waals surface area contributed by atoms with Crippen LogP contribution in [-0.4, -0.2) is 35.7 Å². The van der Waals surface area contributed by atoms with Gasteiger partial charge in [-0.1, -0.05) is 19.8 Å². The van der Waals surface area contributed by atoms with Gasteiger partial charge < -0.3 is 15.3 Å². The molecule has 0 spiro atoms. The molecule has 1 aromatic heterocycles. The van der Waals surface area contributed by atoms with E-state index < -0.39 is 0 Å². The number of pyridine rings is 1. The first-order chi connectivity index (χ1) is 11.7. The number of nitrogens with one attached hydrogen (secondary N) is 1. The van der Waals surface area contributed by atoms with Crippen LogP contribution in [0.15, 0.2) is 18.3 Å². The van der Waals surface area contributed by atoms with Gasteiger partial charge in [0, 0.05) is 31.8 Å². The molecule has 1 aliphatic heterocycles. The van der Waals surface area contributed by atoms with E-state index in [2.05, 4.69) is 22.1 Å². The lowest BCUT2D eigenvalue weighted by atomic mass is 9.82. The minimum absolute atomic E-state index is 0.127. The number of rotatable bonds is 4. The molecular weight excluding hydrogens is 302 g/mol. The molecule has 2 aliphatic rings. The summed E-state index contributed by atoms with van der Waals surface area (Å²) in [5.74, 6) is 2.17. The third kappa shape index (κ3) is 4.07. The zero-order valence-corrected chi connectivity index (χ0v) is 14.6. The van der Waals surface area contributed by atoms with Crippen LogP contribution in [0.1, 0.15) is 45.4 Å². The van der Waals surface area contributed by atoms with Gasteiger partial charge in [0.2, 0.25) is 5.91 Å². The molecule has 1 amide bonds. The van der Waals surface area contributed by atoms with Gasteiger partial charge in [0.05, 0.1) is 5.69 Å². The lowest BCUT2D eigenvalue weighted by Gasteiger charge is -2.33. The Labute approximate surface area is 144 Å². The molecule has 3 rings (SSSR count). The fourth-order valence-corrected chi connectivity index (χ4v) is 3.98. The maximum Gasteiger partial charge on any atom is 0.227 e. The highest BCUT2D eigenvalue weighted by Crippen LogP contribution is 2.31. The van der Waals surface area contributed by atoms with E-state index in [0.717, 1.165) is 56.7 Å². The first-order valence-electron chi connectivity index (χ1n) is 9.29. The first kappa shape index (κ1) is 17.2. The summed E-state index contributed by atoms with van der Waals surface area (Å²) < 4.78 is 0. The Morgan fingerprint density at radius 1 is 1.33 bits per heavy atom. The molecule has 132 valence electrons. The second kappa shape index (κ2) is 7.97. The predicted molar refractivity (Wildman–Crippen MR) is 96.0 cm³/mol. The number of aliphatic hydroxyl groups excluding tert-OH is 1. The van der Waals surface area contributed by atoms with Crippen molar-refractivity contribution >= 4 is 17.4 Å². The van der Waals surface area contributed by atoms with Gasteiger partial charge in [-0.05, 0) is 49.7 Å². The third-order valence-electron chi connectivity index (χ3n) is 5.52. The normalized spacial score (nSPS) is 25.5. The summed E-state index contributed by atoms with van der Waals surface area (Å²) in [7, 11) is 0. The Bertz CT molecular complexity index is 555. The number of aromatic nitrogens is 1. The highest BCUT2D eigenvalue weighted by atomic mass is 16.3. The molecule has 2 fully saturated rings. The van der Waals surface area contributed by atoms with Crippen molar-refractivity contribution in [2.24, 2.45) is 17.8 Å². The van der Waals surface area contributed by atoms with E-state index in [4.69, 9.17) is 0 Å².